The van der Waals surface area contributed by atoms with E-state index in [4.69, 9.17) is 9.15 Å². The Morgan fingerprint density at radius 2 is 2.30 bits per heavy atom. The molecule has 6 heteroatoms. The highest BCUT2D eigenvalue weighted by Gasteiger charge is 2.22. The summed E-state index contributed by atoms with van der Waals surface area (Å²) >= 11 is 3.13. The molecule has 4 nitrogen and oxygen atoms in total. The number of benzene rings is 1. The van der Waals surface area contributed by atoms with Gasteiger partial charge in [-0.25, -0.2) is 4.39 Å². The van der Waals surface area contributed by atoms with Crippen molar-refractivity contribution in [2.75, 3.05) is 6.54 Å². The number of hydrogen-bond donors (Lipinski definition) is 1. The van der Waals surface area contributed by atoms with Crippen molar-refractivity contribution in [1.29, 1.82) is 5.26 Å². The van der Waals surface area contributed by atoms with Gasteiger partial charge in [0.2, 0.25) is 0 Å². The van der Waals surface area contributed by atoms with E-state index in [2.05, 4.69) is 21.2 Å². The molecule has 1 aliphatic rings. The second-order valence-electron chi connectivity index (χ2n) is 5.55. The highest BCUT2D eigenvalue weighted by atomic mass is 79.9. The molecule has 1 heterocycles. The maximum atomic E-state index is 13.6. The zero-order valence-electron chi connectivity index (χ0n) is 12.4. The lowest BCUT2D eigenvalue weighted by Gasteiger charge is -2.19. The Bertz CT molecular complexity index is 708. The smallest absolute Gasteiger partial charge is 0.139 e. The van der Waals surface area contributed by atoms with Crippen LogP contribution in [0.1, 0.15) is 36.5 Å². The topological polar surface area (TPSA) is 58.2 Å². The first-order chi connectivity index (χ1) is 11.2. The number of hydrogen-bond acceptors (Lipinski definition) is 4. The Hall–Kier alpha value is -1.84. The normalized spacial score (nSPS) is 15.2. The molecule has 0 aliphatic heterocycles. The molecule has 1 fully saturated rings. The molecule has 1 N–H and O–H groups in total. The van der Waals surface area contributed by atoms with E-state index in [-0.39, 0.29) is 16.1 Å². The molecule has 3 rings (SSSR count). The predicted octanol–water partition coefficient (Wildman–Crippen LogP) is 4.32. The zero-order chi connectivity index (χ0) is 16.2. The first-order valence-corrected chi connectivity index (χ1v) is 8.28. The molecule has 0 bridgehead atoms. The fourth-order valence-electron chi connectivity index (χ4n) is 2.32. The van der Waals surface area contributed by atoms with Crippen LogP contribution in [0.15, 0.2) is 39.6 Å². The number of nitrogens with one attached hydrogen (secondary N) is 1. The summed E-state index contributed by atoms with van der Waals surface area (Å²) in [5.41, 5.74) is 1.07. The molecule has 120 valence electrons. The first kappa shape index (κ1) is 16.0. The van der Waals surface area contributed by atoms with E-state index in [1.807, 2.05) is 12.1 Å². The van der Waals surface area contributed by atoms with E-state index in [0.29, 0.717) is 11.8 Å². The standard InChI is InChI=1S/C17H16BrFN2O2/c18-14-8-17(12(9-20)7-15(14)19)23-16(11-4-6-22-10-11)3-5-21-13-1-2-13/h4,6-8,10,13,16,21H,1-3,5H2/t16-/m1/s1. The van der Waals surface area contributed by atoms with Crippen LogP contribution in [0.2, 0.25) is 0 Å². The van der Waals surface area contributed by atoms with Gasteiger partial charge >= 0.3 is 0 Å². The van der Waals surface area contributed by atoms with Crippen LogP contribution in [-0.2, 0) is 0 Å². The molecule has 0 unspecified atom stereocenters. The van der Waals surface area contributed by atoms with Crippen LogP contribution in [0.25, 0.3) is 0 Å². The molecule has 0 saturated heterocycles. The molecule has 0 spiro atoms. The molecule has 23 heavy (non-hydrogen) atoms. The van der Waals surface area contributed by atoms with Crippen molar-refractivity contribution >= 4 is 15.9 Å². The van der Waals surface area contributed by atoms with E-state index in [1.54, 1.807) is 12.5 Å². The van der Waals surface area contributed by atoms with Gasteiger partial charge in [0, 0.05) is 18.0 Å². The number of rotatable bonds is 7. The van der Waals surface area contributed by atoms with Crippen LogP contribution in [-0.4, -0.2) is 12.6 Å². The highest BCUT2D eigenvalue weighted by molar-refractivity contribution is 9.10. The maximum absolute atomic E-state index is 13.6. The van der Waals surface area contributed by atoms with E-state index >= 15 is 0 Å². The molecule has 2 aromatic rings. The largest absolute Gasteiger partial charge is 0.484 e. The molecule has 1 aromatic carbocycles. The summed E-state index contributed by atoms with van der Waals surface area (Å²) in [6.07, 6.45) is 6.14. The van der Waals surface area contributed by atoms with Crippen LogP contribution < -0.4 is 10.1 Å². The number of furan rings is 1. The number of halogens is 2. The predicted molar refractivity (Wildman–Crippen MR) is 86.5 cm³/mol. The SMILES string of the molecule is N#Cc1cc(F)c(Br)cc1O[C@H](CCNC1CC1)c1ccoc1. The molecule has 1 atom stereocenters. The summed E-state index contributed by atoms with van der Waals surface area (Å²) in [7, 11) is 0. The number of ether oxygens (including phenoxy) is 1. The van der Waals surface area contributed by atoms with Gasteiger partial charge in [-0.1, -0.05) is 0 Å². The van der Waals surface area contributed by atoms with Crippen molar-refractivity contribution in [3.05, 3.63) is 52.1 Å². The van der Waals surface area contributed by atoms with Gasteiger partial charge in [-0.15, -0.1) is 0 Å². The minimum atomic E-state index is -0.482. The lowest BCUT2D eigenvalue weighted by molar-refractivity contribution is 0.192. The average molecular weight is 379 g/mol. The van der Waals surface area contributed by atoms with Crippen molar-refractivity contribution in [3.8, 4) is 11.8 Å². The summed E-state index contributed by atoms with van der Waals surface area (Å²) < 4.78 is 25.0. The molecule has 1 saturated carbocycles. The van der Waals surface area contributed by atoms with Crippen molar-refractivity contribution in [3.63, 3.8) is 0 Å². The van der Waals surface area contributed by atoms with Gasteiger partial charge < -0.3 is 14.5 Å². The molecular formula is C17H16BrFN2O2. The van der Waals surface area contributed by atoms with Gasteiger partial charge in [0.05, 0.1) is 22.6 Å². The van der Waals surface area contributed by atoms with Crippen molar-refractivity contribution in [2.45, 2.75) is 31.4 Å². The Morgan fingerprint density at radius 1 is 1.48 bits per heavy atom. The van der Waals surface area contributed by atoms with E-state index in [9.17, 15) is 9.65 Å². The number of nitrogens with zero attached hydrogens (tertiary/aromatic N) is 1. The van der Waals surface area contributed by atoms with E-state index in [1.165, 1.54) is 25.0 Å². The fourth-order valence-corrected chi connectivity index (χ4v) is 2.65. The van der Waals surface area contributed by atoms with E-state index in [0.717, 1.165) is 18.5 Å². The summed E-state index contributed by atoms with van der Waals surface area (Å²) in [6.45, 7) is 0.810. The maximum Gasteiger partial charge on any atom is 0.139 e. The summed E-state index contributed by atoms with van der Waals surface area (Å²) in [4.78, 5) is 0. The van der Waals surface area contributed by atoms with Gasteiger partial charge in [0.1, 0.15) is 23.7 Å². The molecule has 1 aliphatic carbocycles. The average Bonchev–Trinajstić information content (AvgIpc) is 3.20. The lowest BCUT2D eigenvalue weighted by atomic mass is 10.1. The third-order valence-electron chi connectivity index (χ3n) is 3.74. The van der Waals surface area contributed by atoms with Crippen LogP contribution >= 0.6 is 15.9 Å². The highest BCUT2D eigenvalue weighted by Crippen LogP contribution is 2.31. The monoisotopic (exact) mass is 378 g/mol. The molecule has 0 amide bonds. The van der Waals surface area contributed by atoms with Crippen molar-refractivity contribution < 1.29 is 13.5 Å². The summed E-state index contributed by atoms with van der Waals surface area (Å²) in [6, 6.07) is 7.10. The van der Waals surface area contributed by atoms with Gasteiger partial charge in [0.25, 0.3) is 0 Å². The number of nitriles is 1. The van der Waals surface area contributed by atoms with Gasteiger partial charge in [-0.3, -0.25) is 0 Å². The van der Waals surface area contributed by atoms with Gasteiger partial charge in [0.15, 0.2) is 0 Å². The Kier molecular flexibility index (Phi) is 4.99. The first-order valence-electron chi connectivity index (χ1n) is 7.48. The Morgan fingerprint density at radius 3 is 2.96 bits per heavy atom. The van der Waals surface area contributed by atoms with Crippen molar-refractivity contribution in [1.82, 2.24) is 5.32 Å². The van der Waals surface area contributed by atoms with Gasteiger partial charge in [-0.05, 0) is 53.5 Å². The van der Waals surface area contributed by atoms with Crippen LogP contribution in [0.4, 0.5) is 4.39 Å². The third kappa shape index (κ3) is 4.12. The Labute approximate surface area is 142 Å². The minimum absolute atomic E-state index is 0.175. The second kappa shape index (κ2) is 7.16. The minimum Gasteiger partial charge on any atom is -0.484 e. The van der Waals surface area contributed by atoms with E-state index < -0.39 is 5.82 Å². The fraction of sp³-hybridized carbons (Fsp3) is 0.353. The molecular weight excluding hydrogens is 363 g/mol. The third-order valence-corrected chi connectivity index (χ3v) is 4.35. The molecule has 0 radical (unpaired) electrons. The van der Waals surface area contributed by atoms with Crippen LogP contribution in [0.5, 0.6) is 5.75 Å². The zero-order valence-corrected chi connectivity index (χ0v) is 14.0. The molecule has 1 aromatic heterocycles. The second-order valence-corrected chi connectivity index (χ2v) is 6.41. The summed E-state index contributed by atoms with van der Waals surface area (Å²) in [5, 5.41) is 12.6. The summed E-state index contributed by atoms with van der Waals surface area (Å²) in [5.74, 6) is -0.123. The van der Waals surface area contributed by atoms with Crippen molar-refractivity contribution in [2.24, 2.45) is 0 Å². The van der Waals surface area contributed by atoms with Crippen LogP contribution in [0.3, 0.4) is 0 Å². The lowest BCUT2D eigenvalue weighted by Crippen LogP contribution is -2.21. The van der Waals surface area contributed by atoms with Crippen LogP contribution in [0, 0.1) is 17.1 Å². The van der Waals surface area contributed by atoms with Gasteiger partial charge in [-0.2, -0.15) is 5.26 Å². The quantitative estimate of drug-likeness (QED) is 0.779. The Balaban J connectivity index is 1.77.